The van der Waals surface area contributed by atoms with Crippen molar-refractivity contribution in [2.45, 2.75) is 0 Å². The van der Waals surface area contributed by atoms with Crippen molar-refractivity contribution in [3.63, 3.8) is 0 Å². The lowest BCUT2D eigenvalue weighted by Gasteiger charge is -1.92. The zero-order valence-electron chi connectivity index (χ0n) is 5.20. The largest absolute Gasteiger partial charge is 0.380 e. The first-order valence-electron chi connectivity index (χ1n) is 2.27. The predicted octanol–water partition coefficient (Wildman–Crippen LogP) is -1.02. The van der Waals surface area contributed by atoms with Crippen LogP contribution in [0, 0.1) is 0 Å². The van der Waals surface area contributed by atoms with Crippen LogP contribution in [0.5, 0.6) is 0 Å². The Morgan fingerprint density at radius 3 is 2.40 bits per heavy atom. The fourth-order valence-electron chi connectivity index (χ4n) is 0.446. The zero-order chi connectivity index (χ0) is 6.85. The van der Waals surface area contributed by atoms with E-state index >= 15 is 0 Å². The SMILES string of the molecule is CNC1=NS(=O)N=C1N.Cl. The highest BCUT2D eigenvalue weighted by molar-refractivity contribution is 7.83. The van der Waals surface area contributed by atoms with Crippen molar-refractivity contribution in [1.29, 1.82) is 0 Å². The summed E-state index contributed by atoms with van der Waals surface area (Å²) < 4.78 is 17.4. The Kier molecular flexibility index (Phi) is 3.31. The highest BCUT2D eigenvalue weighted by Gasteiger charge is 2.12. The molecule has 1 rings (SSSR count). The van der Waals surface area contributed by atoms with Crippen LogP contribution in [0.1, 0.15) is 0 Å². The number of hydrogen-bond donors (Lipinski definition) is 2. The van der Waals surface area contributed by atoms with Crippen LogP contribution in [0.15, 0.2) is 8.80 Å². The quantitative estimate of drug-likeness (QED) is 0.503. The van der Waals surface area contributed by atoms with Crippen molar-refractivity contribution in [2.24, 2.45) is 14.5 Å². The molecule has 7 heteroatoms. The Morgan fingerprint density at radius 2 is 2.20 bits per heavy atom. The molecule has 1 heterocycles. The number of rotatable bonds is 0. The molecule has 0 aromatic carbocycles. The van der Waals surface area contributed by atoms with E-state index in [9.17, 15) is 4.21 Å². The summed E-state index contributed by atoms with van der Waals surface area (Å²) in [5.41, 5.74) is 5.24. The van der Waals surface area contributed by atoms with Crippen molar-refractivity contribution >= 4 is 35.2 Å². The van der Waals surface area contributed by atoms with Gasteiger partial charge in [0.1, 0.15) is 0 Å². The maximum absolute atomic E-state index is 10.4. The molecular weight excluding hydrogens is 176 g/mol. The molecular formula is C3H7ClN4OS. The Hall–Kier alpha value is -0.620. The summed E-state index contributed by atoms with van der Waals surface area (Å²) in [5.74, 6) is 0.601. The lowest BCUT2D eigenvalue weighted by atomic mass is 10.5. The molecule has 0 aromatic rings. The molecule has 0 saturated carbocycles. The second kappa shape index (κ2) is 3.52. The average Bonchev–Trinajstić information content (AvgIpc) is 2.10. The topological polar surface area (TPSA) is 79.8 Å². The van der Waals surface area contributed by atoms with Crippen LogP contribution in [-0.4, -0.2) is 22.9 Å². The normalized spacial score (nSPS) is 22.7. The van der Waals surface area contributed by atoms with Gasteiger partial charge in [0, 0.05) is 7.05 Å². The summed E-state index contributed by atoms with van der Waals surface area (Å²) in [7, 11) is 1.64. The summed E-state index contributed by atoms with van der Waals surface area (Å²) in [6.07, 6.45) is 0. The van der Waals surface area contributed by atoms with Gasteiger partial charge in [-0.05, 0) is 0 Å². The first kappa shape index (κ1) is 9.38. The van der Waals surface area contributed by atoms with Crippen LogP contribution in [0.25, 0.3) is 0 Å². The van der Waals surface area contributed by atoms with Crippen LogP contribution in [-0.2, 0) is 11.2 Å². The zero-order valence-corrected chi connectivity index (χ0v) is 6.83. The minimum absolute atomic E-state index is 0. The lowest BCUT2D eigenvalue weighted by molar-refractivity contribution is 0.686. The highest BCUT2D eigenvalue weighted by atomic mass is 35.5. The van der Waals surface area contributed by atoms with E-state index in [1.165, 1.54) is 0 Å². The molecule has 1 atom stereocenters. The van der Waals surface area contributed by atoms with Crippen LogP contribution in [0.3, 0.4) is 0 Å². The van der Waals surface area contributed by atoms with Crippen LogP contribution in [0.4, 0.5) is 0 Å². The molecule has 1 aliphatic rings. The van der Waals surface area contributed by atoms with Gasteiger partial charge in [0.05, 0.1) is 0 Å². The van der Waals surface area contributed by atoms with E-state index in [1.54, 1.807) is 7.05 Å². The summed E-state index contributed by atoms with van der Waals surface area (Å²) >= 11 is -1.49. The molecule has 0 aromatic heterocycles. The Morgan fingerprint density at radius 1 is 1.60 bits per heavy atom. The summed E-state index contributed by atoms with van der Waals surface area (Å²) in [5, 5.41) is 2.65. The van der Waals surface area contributed by atoms with Crippen molar-refractivity contribution in [3.8, 4) is 0 Å². The molecule has 3 N–H and O–H groups in total. The summed E-state index contributed by atoms with van der Waals surface area (Å²) in [6.45, 7) is 0. The third-order valence-corrected chi connectivity index (χ3v) is 1.52. The van der Waals surface area contributed by atoms with Gasteiger partial charge < -0.3 is 11.1 Å². The lowest BCUT2D eigenvalue weighted by Crippen LogP contribution is -2.31. The van der Waals surface area contributed by atoms with Gasteiger partial charge in [0.25, 0.3) is 11.2 Å². The number of likely N-dealkylation sites (N-methyl/N-ethyl adjacent to an activating group) is 1. The number of amidine groups is 2. The maximum atomic E-state index is 10.4. The van der Waals surface area contributed by atoms with Crippen molar-refractivity contribution in [3.05, 3.63) is 0 Å². The predicted molar refractivity (Wildman–Crippen MR) is 43.5 cm³/mol. The Balaban J connectivity index is 0.000000810. The Bertz CT molecular complexity index is 213. The molecule has 0 saturated heterocycles. The Labute approximate surface area is 66.9 Å². The summed E-state index contributed by atoms with van der Waals surface area (Å²) in [4.78, 5) is 0. The summed E-state index contributed by atoms with van der Waals surface area (Å²) in [6, 6.07) is 0. The number of halogens is 1. The molecule has 0 bridgehead atoms. The minimum Gasteiger partial charge on any atom is -0.380 e. The van der Waals surface area contributed by atoms with Gasteiger partial charge in [-0.3, -0.25) is 0 Å². The molecule has 1 aliphatic heterocycles. The van der Waals surface area contributed by atoms with Crippen LogP contribution < -0.4 is 11.1 Å². The van der Waals surface area contributed by atoms with E-state index in [0.717, 1.165) is 0 Å². The first-order valence-corrected chi connectivity index (χ1v) is 3.33. The van der Waals surface area contributed by atoms with Gasteiger partial charge in [0.15, 0.2) is 11.7 Å². The fourth-order valence-corrected chi connectivity index (χ4v) is 1.08. The van der Waals surface area contributed by atoms with E-state index in [-0.39, 0.29) is 18.2 Å². The second-order valence-corrected chi connectivity index (χ2v) is 2.22. The standard InChI is InChI=1S/C3H6N4OS.ClH/c1-5-3-2(4)6-9(8)7-3;/h1H3,(H2,4,6)(H,5,7);1H. The highest BCUT2D eigenvalue weighted by Crippen LogP contribution is 1.95. The molecule has 0 aliphatic carbocycles. The van der Waals surface area contributed by atoms with Gasteiger partial charge in [-0.2, -0.15) is 0 Å². The van der Waals surface area contributed by atoms with E-state index in [1.807, 2.05) is 0 Å². The number of nitrogens with two attached hydrogens (primary N) is 1. The number of hydrogen-bond acceptors (Lipinski definition) is 3. The van der Waals surface area contributed by atoms with Gasteiger partial charge in [-0.15, -0.1) is 21.2 Å². The third-order valence-electron chi connectivity index (χ3n) is 0.825. The smallest absolute Gasteiger partial charge is 0.269 e. The molecule has 10 heavy (non-hydrogen) atoms. The molecule has 0 spiro atoms. The van der Waals surface area contributed by atoms with Crippen LogP contribution in [0.2, 0.25) is 0 Å². The molecule has 0 radical (unpaired) electrons. The van der Waals surface area contributed by atoms with E-state index in [4.69, 9.17) is 5.73 Å². The van der Waals surface area contributed by atoms with Crippen LogP contribution >= 0.6 is 12.4 Å². The van der Waals surface area contributed by atoms with E-state index in [2.05, 4.69) is 14.1 Å². The van der Waals surface area contributed by atoms with Gasteiger partial charge >= 0.3 is 0 Å². The first-order chi connectivity index (χ1) is 4.24. The average molecular weight is 183 g/mol. The van der Waals surface area contributed by atoms with Crippen molar-refractivity contribution < 1.29 is 4.21 Å². The molecule has 58 valence electrons. The van der Waals surface area contributed by atoms with Crippen molar-refractivity contribution in [2.75, 3.05) is 7.05 Å². The minimum atomic E-state index is -1.49. The van der Waals surface area contributed by atoms with Crippen molar-refractivity contribution in [1.82, 2.24) is 5.32 Å². The monoisotopic (exact) mass is 182 g/mol. The number of nitrogens with zero attached hydrogens (tertiary/aromatic N) is 2. The van der Waals surface area contributed by atoms with Gasteiger partial charge in [-0.1, -0.05) is 0 Å². The van der Waals surface area contributed by atoms with E-state index < -0.39 is 11.2 Å². The van der Waals surface area contributed by atoms with Gasteiger partial charge in [0.2, 0.25) is 0 Å². The third kappa shape index (κ3) is 1.68. The van der Waals surface area contributed by atoms with Gasteiger partial charge in [-0.25, -0.2) is 4.21 Å². The second-order valence-electron chi connectivity index (χ2n) is 1.40. The number of nitrogens with one attached hydrogen (secondary N) is 1. The van der Waals surface area contributed by atoms with E-state index in [0.29, 0.717) is 5.84 Å². The maximum Gasteiger partial charge on any atom is 0.269 e. The molecule has 1 unspecified atom stereocenters. The molecule has 5 nitrogen and oxygen atoms in total. The molecule has 0 fully saturated rings. The molecule has 0 amide bonds. The fraction of sp³-hybridized carbons (Fsp3) is 0.333.